The maximum Gasteiger partial charge on any atom is 0.266 e. The van der Waals surface area contributed by atoms with Gasteiger partial charge in [-0.3, -0.25) is 4.79 Å². The van der Waals surface area contributed by atoms with Crippen LogP contribution in [0.2, 0.25) is 15.1 Å². The summed E-state index contributed by atoms with van der Waals surface area (Å²) < 4.78 is 5.74. The van der Waals surface area contributed by atoms with Crippen LogP contribution in [0.15, 0.2) is 41.9 Å². The first kappa shape index (κ1) is 19.0. The lowest BCUT2D eigenvalue weighted by Crippen LogP contribution is -2.11. The minimum Gasteiger partial charge on any atom is -0.489 e. The molecule has 2 aromatic heterocycles. The Hall–Kier alpha value is -1.79. The predicted molar refractivity (Wildman–Crippen MR) is 107 cm³/mol. The third-order valence-corrected chi connectivity index (χ3v) is 5.35. The number of hydrogen-bond donors (Lipinski definition) is 1. The van der Waals surface area contributed by atoms with E-state index in [0.29, 0.717) is 21.5 Å². The third kappa shape index (κ3) is 4.68. The van der Waals surface area contributed by atoms with Crippen molar-refractivity contribution in [1.82, 2.24) is 4.98 Å². The second-order valence-electron chi connectivity index (χ2n) is 5.46. The number of nitrogens with one attached hydrogen (secondary N) is 1. The highest BCUT2D eigenvalue weighted by Crippen LogP contribution is 2.25. The van der Waals surface area contributed by atoms with Gasteiger partial charge in [0.2, 0.25) is 0 Å². The molecule has 134 valence electrons. The number of pyridine rings is 1. The molecule has 0 aliphatic heterocycles. The zero-order valence-electron chi connectivity index (χ0n) is 13.6. The van der Waals surface area contributed by atoms with Gasteiger partial charge in [-0.15, -0.1) is 11.3 Å². The van der Waals surface area contributed by atoms with E-state index in [2.05, 4.69) is 10.3 Å². The maximum atomic E-state index is 12.3. The van der Waals surface area contributed by atoms with Gasteiger partial charge in [-0.05, 0) is 48.2 Å². The van der Waals surface area contributed by atoms with E-state index in [4.69, 9.17) is 39.5 Å². The smallest absolute Gasteiger partial charge is 0.266 e. The van der Waals surface area contributed by atoms with Crippen molar-refractivity contribution in [3.8, 4) is 5.75 Å². The first-order valence-corrected chi connectivity index (χ1v) is 9.52. The second kappa shape index (κ2) is 8.27. The summed E-state index contributed by atoms with van der Waals surface area (Å²) in [7, 11) is 0. The highest BCUT2D eigenvalue weighted by molar-refractivity contribution is 7.12. The average molecular weight is 428 g/mol. The minimum atomic E-state index is -0.291. The molecule has 3 rings (SSSR count). The summed E-state index contributed by atoms with van der Waals surface area (Å²) in [5.74, 6) is 0.700. The summed E-state index contributed by atoms with van der Waals surface area (Å²) in [5.41, 5.74) is 1.84. The molecule has 0 spiro atoms. The summed E-state index contributed by atoms with van der Waals surface area (Å²) >= 11 is 19.1. The number of anilines is 1. The van der Waals surface area contributed by atoms with Gasteiger partial charge in [0.25, 0.3) is 5.91 Å². The van der Waals surface area contributed by atoms with Crippen molar-refractivity contribution in [2.75, 3.05) is 5.32 Å². The van der Waals surface area contributed by atoms with E-state index in [1.165, 1.54) is 23.6 Å². The number of carbonyl (C=O) groups is 1. The number of amides is 1. The van der Waals surface area contributed by atoms with Crippen molar-refractivity contribution in [3.05, 3.63) is 73.0 Å². The molecule has 0 unspecified atom stereocenters. The van der Waals surface area contributed by atoms with Crippen LogP contribution in [0, 0.1) is 6.92 Å². The Bertz CT molecular complexity index is 959. The van der Waals surface area contributed by atoms with E-state index < -0.39 is 0 Å². The number of aromatic nitrogens is 1. The van der Waals surface area contributed by atoms with E-state index in [-0.39, 0.29) is 16.7 Å². The molecular formula is C18H13Cl3N2O2S. The lowest BCUT2D eigenvalue weighted by Gasteiger charge is -2.06. The highest BCUT2D eigenvalue weighted by Gasteiger charge is 2.13. The number of nitrogens with zero attached hydrogens (tertiary/aromatic N) is 1. The van der Waals surface area contributed by atoms with Crippen LogP contribution in [-0.4, -0.2) is 10.9 Å². The van der Waals surface area contributed by atoms with Gasteiger partial charge in [-0.1, -0.05) is 34.8 Å². The number of ether oxygens (including phenoxy) is 1. The van der Waals surface area contributed by atoms with Crippen molar-refractivity contribution < 1.29 is 9.53 Å². The molecule has 1 aromatic carbocycles. The average Bonchev–Trinajstić information content (AvgIpc) is 3.07. The fourth-order valence-corrected chi connectivity index (χ4v) is 3.46. The van der Waals surface area contributed by atoms with Crippen LogP contribution in [0.4, 0.5) is 5.82 Å². The van der Waals surface area contributed by atoms with Crippen LogP contribution < -0.4 is 10.1 Å². The van der Waals surface area contributed by atoms with E-state index in [0.717, 1.165) is 16.9 Å². The molecule has 8 heteroatoms. The number of benzene rings is 1. The second-order valence-corrected chi connectivity index (χ2v) is 7.62. The topological polar surface area (TPSA) is 51.2 Å². The van der Waals surface area contributed by atoms with Crippen LogP contribution in [-0.2, 0) is 6.61 Å². The predicted octanol–water partition coefficient (Wildman–Crippen LogP) is 6.24. The number of hydrogen-bond acceptors (Lipinski definition) is 4. The summed E-state index contributed by atoms with van der Waals surface area (Å²) in [6.45, 7) is 2.27. The molecule has 2 heterocycles. The Morgan fingerprint density at radius 1 is 1.19 bits per heavy atom. The Morgan fingerprint density at radius 2 is 2.00 bits per heavy atom. The molecule has 26 heavy (non-hydrogen) atoms. The molecular weight excluding hydrogens is 415 g/mol. The van der Waals surface area contributed by atoms with Crippen LogP contribution in [0.3, 0.4) is 0 Å². The van der Waals surface area contributed by atoms with Crippen molar-refractivity contribution >= 4 is 57.9 Å². The summed E-state index contributed by atoms with van der Waals surface area (Å²) in [4.78, 5) is 16.9. The first-order chi connectivity index (χ1) is 12.4. The van der Waals surface area contributed by atoms with Gasteiger partial charge in [0.15, 0.2) is 5.82 Å². The number of aryl methyl sites for hydroxylation is 1. The van der Waals surface area contributed by atoms with Crippen LogP contribution in [0.25, 0.3) is 0 Å². The van der Waals surface area contributed by atoms with Crippen LogP contribution in [0.5, 0.6) is 5.75 Å². The molecule has 0 radical (unpaired) electrons. The van der Waals surface area contributed by atoms with Crippen LogP contribution in [0.1, 0.15) is 20.8 Å². The molecule has 0 aliphatic carbocycles. The standard InChI is InChI=1S/C18H13Cl3N2O2S/c1-10-4-13(2-3-14(10)20)25-8-11-5-16(26-9-11)18(24)23-17-15(21)6-12(19)7-22-17/h2-7,9H,8H2,1H3,(H,22,23,24). The lowest BCUT2D eigenvalue weighted by atomic mass is 10.2. The third-order valence-electron chi connectivity index (χ3n) is 3.45. The fraction of sp³-hybridized carbons (Fsp3) is 0.111. The Kier molecular flexibility index (Phi) is 6.04. The zero-order chi connectivity index (χ0) is 18.7. The number of carbonyl (C=O) groups excluding carboxylic acids is 1. The molecule has 0 saturated carbocycles. The lowest BCUT2D eigenvalue weighted by molar-refractivity contribution is 0.103. The summed E-state index contributed by atoms with van der Waals surface area (Å²) in [6, 6.07) is 8.77. The van der Waals surface area contributed by atoms with E-state index >= 15 is 0 Å². The largest absolute Gasteiger partial charge is 0.489 e. The first-order valence-electron chi connectivity index (χ1n) is 7.51. The van der Waals surface area contributed by atoms with E-state index in [1.807, 2.05) is 24.4 Å². The Morgan fingerprint density at radius 3 is 2.73 bits per heavy atom. The SMILES string of the molecule is Cc1cc(OCc2csc(C(=O)Nc3ncc(Cl)cc3Cl)c2)ccc1Cl. The van der Waals surface area contributed by atoms with Crippen molar-refractivity contribution in [1.29, 1.82) is 0 Å². The normalized spacial score (nSPS) is 10.6. The van der Waals surface area contributed by atoms with E-state index in [1.54, 1.807) is 12.1 Å². The van der Waals surface area contributed by atoms with E-state index in [9.17, 15) is 4.79 Å². The van der Waals surface area contributed by atoms with Crippen molar-refractivity contribution in [3.63, 3.8) is 0 Å². The summed E-state index contributed by atoms with van der Waals surface area (Å²) in [5, 5.41) is 5.92. The molecule has 0 atom stereocenters. The monoisotopic (exact) mass is 426 g/mol. The molecule has 0 aliphatic rings. The van der Waals surface area contributed by atoms with Gasteiger partial charge in [0, 0.05) is 16.8 Å². The highest BCUT2D eigenvalue weighted by atomic mass is 35.5. The fourth-order valence-electron chi connectivity index (χ4n) is 2.12. The van der Waals surface area contributed by atoms with Crippen molar-refractivity contribution in [2.45, 2.75) is 13.5 Å². The minimum absolute atomic E-state index is 0.268. The van der Waals surface area contributed by atoms with Gasteiger partial charge in [-0.2, -0.15) is 0 Å². The van der Waals surface area contributed by atoms with Gasteiger partial charge in [0.05, 0.1) is 14.9 Å². The van der Waals surface area contributed by atoms with Gasteiger partial charge < -0.3 is 10.1 Å². The van der Waals surface area contributed by atoms with Gasteiger partial charge >= 0.3 is 0 Å². The molecule has 4 nitrogen and oxygen atoms in total. The Balaban J connectivity index is 1.63. The number of thiophene rings is 1. The van der Waals surface area contributed by atoms with Gasteiger partial charge in [-0.25, -0.2) is 4.98 Å². The molecule has 0 saturated heterocycles. The van der Waals surface area contributed by atoms with Crippen LogP contribution >= 0.6 is 46.1 Å². The molecule has 0 fully saturated rings. The van der Waals surface area contributed by atoms with Crippen molar-refractivity contribution in [2.24, 2.45) is 0 Å². The quantitative estimate of drug-likeness (QED) is 0.524. The number of halogens is 3. The molecule has 3 aromatic rings. The van der Waals surface area contributed by atoms with Gasteiger partial charge in [0.1, 0.15) is 12.4 Å². The maximum absolute atomic E-state index is 12.3. The number of rotatable bonds is 5. The molecule has 1 N–H and O–H groups in total. The summed E-state index contributed by atoms with van der Waals surface area (Å²) in [6.07, 6.45) is 1.42. The molecule has 1 amide bonds. The Labute approximate surface area is 169 Å². The zero-order valence-corrected chi connectivity index (χ0v) is 16.6. The molecule has 0 bridgehead atoms.